The Labute approximate surface area is 148 Å². The highest BCUT2D eigenvalue weighted by Crippen LogP contribution is 2.34. The van der Waals surface area contributed by atoms with Gasteiger partial charge in [-0.2, -0.15) is 0 Å². The summed E-state index contributed by atoms with van der Waals surface area (Å²) in [5.41, 5.74) is 14.0. The van der Waals surface area contributed by atoms with E-state index in [1.54, 1.807) is 0 Å². The van der Waals surface area contributed by atoms with Crippen molar-refractivity contribution in [2.45, 2.75) is 0 Å². The highest BCUT2D eigenvalue weighted by Gasteiger charge is 2.08. The topological polar surface area (TPSA) is 26.0 Å². The Morgan fingerprint density at radius 1 is 0.400 bits per heavy atom. The van der Waals surface area contributed by atoms with Gasteiger partial charge in [-0.3, -0.25) is 0 Å². The minimum atomic E-state index is 0.779. The van der Waals surface area contributed by atoms with Crippen LogP contribution in [0.5, 0.6) is 0 Å². The first kappa shape index (κ1) is 15.2. The third kappa shape index (κ3) is 3.17. The maximum atomic E-state index is 6.06. The molecule has 4 aromatic rings. The van der Waals surface area contributed by atoms with Crippen LogP contribution in [0.1, 0.15) is 0 Å². The molecule has 0 heterocycles. The van der Waals surface area contributed by atoms with Crippen LogP contribution in [0.4, 0.5) is 5.69 Å². The van der Waals surface area contributed by atoms with E-state index in [0.717, 1.165) is 11.3 Å². The van der Waals surface area contributed by atoms with E-state index in [2.05, 4.69) is 84.9 Å². The van der Waals surface area contributed by atoms with Crippen molar-refractivity contribution in [1.29, 1.82) is 0 Å². The molecule has 0 bridgehead atoms. The molecule has 0 atom stereocenters. The number of hydrogen-bond donors (Lipinski definition) is 1. The number of hydrogen-bond acceptors (Lipinski definition) is 1. The SMILES string of the molecule is Nc1ccc(-c2ccccc2)c(-c2ccc(-c3ccccc3)cc2)c1. The van der Waals surface area contributed by atoms with Crippen molar-refractivity contribution in [3.05, 3.63) is 103 Å². The Hall–Kier alpha value is -3.32. The fourth-order valence-electron chi connectivity index (χ4n) is 3.14. The molecule has 0 radical (unpaired) electrons. The standard InChI is InChI=1S/C24H19N/c25-22-15-16-23(20-9-5-2-6-10-20)24(17-22)21-13-11-19(12-14-21)18-7-3-1-4-8-18/h1-17H,25H2. The fourth-order valence-corrected chi connectivity index (χ4v) is 3.14. The van der Waals surface area contributed by atoms with Gasteiger partial charge in [-0.1, -0.05) is 91.0 Å². The Morgan fingerprint density at radius 3 is 1.52 bits per heavy atom. The van der Waals surface area contributed by atoms with Crippen LogP contribution in [0.3, 0.4) is 0 Å². The number of benzene rings is 4. The number of nitrogens with two attached hydrogens (primary N) is 1. The molecule has 0 saturated heterocycles. The Bertz CT molecular complexity index is 971. The van der Waals surface area contributed by atoms with Gasteiger partial charge in [0.1, 0.15) is 0 Å². The summed E-state index contributed by atoms with van der Waals surface area (Å²) >= 11 is 0. The average Bonchev–Trinajstić information content (AvgIpc) is 2.69. The van der Waals surface area contributed by atoms with Crippen molar-refractivity contribution < 1.29 is 0 Å². The number of nitrogen functional groups attached to an aromatic ring is 1. The van der Waals surface area contributed by atoms with E-state index in [-0.39, 0.29) is 0 Å². The predicted molar refractivity (Wildman–Crippen MR) is 107 cm³/mol. The normalized spacial score (nSPS) is 10.6. The van der Waals surface area contributed by atoms with Crippen LogP contribution >= 0.6 is 0 Å². The summed E-state index contributed by atoms with van der Waals surface area (Å²) in [5.74, 6) is 0. The van der Waals surface area contributed by atoms with Crippen LogP contribution in [0.2, 0.25) is 0 Å². The zero-order valence-electron chi connectivity index (χ0n) is 13.9. The summed E-state index contributed by atoms with van der Waals surface area (Å²) in [4.78, 5) is 0. The first-order valence-electron chi connectivity index (χ1n) is 8.42. The van der Waals surface area contributed by atoms with Gasteiger partial charge >= 0.3 is 0 Å². The molecule has 0 spiro atoms. The van der Waals surface area contributed by atoms with Crippen molar-refractivity contribution >= 4 is 5.69 Å². The number of rotatable bonds is 3. The molecule has 25 heavy (non-hydrogen) atoms. The maximum Gasteiger partial charge on any atom is 0.0320 e. The lowest BCUT2D eigenvalue weighted by Gasteiger charge is -2.12. The zero-order valence-corrected chi connectivity index (χ0v) is 13.9. The van der Waals surface area contributed by atoms with Crippen LogP contribution in [0, 0.1) is 0 Å². The molecule has 0 aromatic heterocycles. The Balaban J connectivity index is 1.78. The monoisotopic (exact) mass is 321 g/mol. The quantitative estimate of drug-likeness (QED) is 0.442. The van der Waals surface area contributed by atoms with E-state index >= 15 is 0 Å². The van der Waals surface area contributed by atoms with Gasteiger partial charge in [0.15, 0.2) is 0 Å². The second-order valence-electron chi connectivity index (χ2n) is 6.11. The lowest BCUT2D eigenvalue weighted by atomic mass is 9.93. The first-order chi connectivity index (χ1) is 12.3. The van der Waals surface area contributed by atoms with Gasteiger partial charge in [0.2, 0.25) is 0 Å². The van der Waals surface area contributed by atoms with Crippen LogP contribution < -0.4 is 5.73 Å². The van der Waals surface area contributed by atoms with Crippen LogP contribution in [-0.2, 0) is 0 Å². The van der Waals surface area contributed by atoms with E-state index < -0.39 is 0 Å². The Morgan fingerprint density at radius 2 is 0.880 bits per heavy atom. The van der Waals surface area contributed by atoms with E-state index in [1.807, 2.05) is 18.2 Å². The van der Waals surface area contributed by atoms with Gasteiger partial charge in [0.05, 0.1) is 0 Å². The van der Waals surface area contributed by atoms with Crippen molar-refractivity contribution in [1.82, 2.24) is 0 Å². The van der Waals surface area contributed by atoms with Crippen molar-refractivity contribution in [3.63, 3.8) is 0 Å². The van der Waals surface area contributed by atoms with E-state index in [0.29, 0.717) is 0 Å². The molecule has 4 aromatic carbocycles. The summed E-state index contributed by atoms with van der Waals surface area (Å²) in [6.45, 7) is 0. The lowest BCUT2D eigenvalue weighted by Crippen LogP contribution is -1.90. The minimum absolute atomic E-state index is 0.779. The van der Waals surface area contributed by atoms with E-state index in [1.165, 1.54) is 27.8 Å². The average molecular weight is 321 g/mol. The zero-order chi connectivity index (χ0) is 17.1. The van der Waals surface area contributed by atoms with E-state index in [4.69, 9.17) is 5.73 Å². The maximum absolute atomic E-state index is 6.06. The van der Waals surface area contributed by atoms with Gasteiger partial charge in [-0.25, -0.2) is 0 Å². The van der Waals surface area contributed by atoms with Crippen LogP contribution in [-0.4, -0.2) is 0 Å². The molecule has 120 valence electrons. The second kappa shape index (κ2) is 6.66. The third-order valence-corrected chi connectivity index (χ3v) is 4.43. The molecule has 0 aliphatic carbocycles. The molecule has 4 rings (SSSR count). The summed E-state index contributed by atoms with van der Waals surface area (Å²) in [7, 11) is 0. The van der Waals surface area contributed by atoms with Gasteiger partial charge < -0.3 is 5.73 Å². The Kier molecular flexibility index (Phi) is 4.05. The fraction of sp³-hybridized carbons (Fsp3) is 0. The molecule has 1 nitrogen and oxygen atoms in total. The molecular formula is C24H19N. The van der Waals surface area contributed by atoms with Gasteiger partial charge in [0, 0.05) is 5.69 Å². The predicted octanol–water partition coefficient (Wildman–Crippen LogP) is 6.27. The molecule has 1 heteroatoms. The largest absolute Gasteiger partial charge is 0.399 e. The highest BCUT2D eigenvalue weighted by molar-refractivity contribution is 5.86. The number of anilines is 1. The van der Waals surface area contributed by atoms with Crippen molar-refractivity contribution in [2.75, 3.05) is 5.73 Å². The highest BCUT2D eigenvalue weighted by atomic mass is 14.5. The van der Waals surface area contributed by atoms with Crippen molar-refractivity contribution in [2.24, 2.45) is 0 Å². The summed E-state index contributed by atoms with van der Waals surface area (Å²) in [6.07, 6.45) is 0. The molecule has 0 aliphatic rings. The minimum Gasteiger partial charge on any atom is -0.399 e. The summed E-state index contributed by atoms with van der Waals surface area (Å²) < 4.78 is 0. The molecule has 0 fully saturated rings. The molecule has 0 saturated carbocycles. The first-order valence-corrected chi connectivity index (χ1v) is 8.42. The molecule has 0 unspecified atom stereocenters. The molecule has 2 N–H and O–H groups in total. The van der Waals surface area contributed by atoms with Gasteiger partial charge in [-0.05, 0) is 45.5 Å². The molecular weight excluding hydrogens is 302 g/mol. The third-order valence-electron chi connectivity index (χ3n) is 4.43. The van der Waals surface area contributed by atoms with Crippen molar-refractivity contribution in [3.8, 4) is 33.4 Å². The molecule has 0 aliphatic heterocycles. The van der Waals surface area contributed by atoms with Crippen LogP contribution in [0.15, 0.2) is 103 Å². The van der Waals surface area contributed by atoms with Crippen LogP contribution in [0.25, 0.3) is 33.4 Å². The smallest absolute Gasteiger partial charge is 0.0320 e. The van der Waals surface area contributed by atoms with Gasteiger partial charge in [0.25, 0.3) is 0 Å². The summed E-state index contributed by atoms with van der Waals surface area (Å²) in [6, 6.07) is 35.7. The molecule has 0 amide bonds. The summed E-state index contributed by atoms with van der Waals surface area (Å²) in [5, 5.41) is 0. The lowest BCUT2D eigenvalue weighted by molar-refractivity contribution is 1.57. The van der Waals surface area contributed by atoms with Gasteiger partial charge in [-0.15, -0.1) is 0 Å². The van der Waals surface area contributed by atoms with E-state index in [9.17, 15) is 0 Å². The second-order valence-corrected chi connectivity index (χ2v) is 6.11.